The van der Waals surface area contributed by atoms with Crippen LogP contribution in [-0.2, 0) is 11.0 Å². The van der Waals surface area contributed by atoms with Crippen LogP contribution in [0.2, 0.25) is 0 Å². The molecule has 0 saturated carbocycles. The van der Waals surface area contributed by atoms with E-state index in [9.17, 15) is 26.7 Å². The maximum Gasteiger partial charge on any atom is 0.416 e. The van der Waals surface area contributed by atoms with Crippen molar-refractivity contribution < 1.29 is 26.7 Å². The molecule has 0 saturated heterocycles. The molecular formula is C11H12ClF5N2OS. The third-order valence-corrected chi connectivity index (χ3v) is 3.22. The Morgan fingerprint density at radius 2 is 1.95 bits per heavy atom. The van der Waals surface area contributed by atoms with Crippen molar-refractivity contribution >= 4 is 35.8 Å². The van der Waals surface area contributed by atoms with Gasteiger partial charge in [0.05, 0.1) is 23.5 Å². The van der Waals surface area contributed by atoms with Crippen LogP contribution in [0.15, 0.2) is 23.1 Å². The van der Waals surface area contributed by atoms with Gasteiger partial charge < -0.3 is 11.1 Å². The zero-order valence-electron chi connectivity index (χ0n) is 10.4. The molecule has 120 valence electrons. The van der Waals surface area contributed by atoms with Crippen molar-refractivity contribution in [3.8, 4) is 0 Å². The van der Waals surface area contributed by atoms with Crippen molar-refractivity contribution in [3.05, 3.63) is 23.8 Å². The Bertz CT molecular complexity index is 484. The van der Waals surface area contributed by atoms with Crippen molar-refractivity contribution in [1.82, 2.24) is 0 Å². The summed E-state index contributed by atoms with van der Waals surface area (Å²) >= 11 is 0.654. The molecule has 0 spiro atoms. The lowest BCUT2D eigenvalue weighted by molar-refractivity contribution is -0.137. The quantitative estimate of drug-likeness (QED) is 0.632. The molecule has 0 aliphatic rings. The van der Waals surface area contributed by atoms with Gasteiger partial charge in [-0.2, -0.15) is 13.2 Å². The Labute approximate surface area is 127 Å². The van der Waals surface area contributed by atoms with E-state index < -0.39 is 36.4 Å². The van der Waals surface area contributed by atoms with Gasteiger partial charge in [-0.1, -0.05) is 0 Å². The smallest absolute Gasteiger partial charge is 0.324 e. The predicted molar refractivity (Wildman–Crippen MR) is 73.1 cm³/mol. The molecule has 1 rings (SSSR count). The number of halogens is 6. The average molecular weight is 351 g/mol. The average Bonchev–Trinajstić information content (AvgIpc) is 2.35. The molecule has 21 heavy (non-hydrogen) atoms. The first-order valence-electron chi connectivity index (χ1n) is 5.36. The molecule has 0 atom stereocenters. The zero-order chi connectivity index (χ0) is 15.3. The topological polar surface area (TPSA) is 55.1 Å². The second-order valence-electron chi connectivity index (χ2n) is 3.66. The third-order valence-electron chi connectivity index (χ3n) is 2.13. The first kappa shape index (κ1) is 19.9. The summed E-state index contributed by atoms with van der Waals surface area (Å²) in [7, 11) is 0. The zero-order valence-corrected chi connectivity index (χ0v) is 12.0. The number of carbonyl (C=O) groups is 1. The molecule has 1 aromatic carbocycles. The van der Waals surface area contributed by atoms with Gasteiger partial charge in [-0.15, -0.1) is 24.2 Å². The number of nitrogens with two attached hydrogens (primary N) is 1. The molecule has 0 unspecified atom stereocenters. The van der Waals surface area contributed by atoms with Gasteiger partial charge in [-0.25, -0.2) is 8.78 Å². The molecule has 0 aliphatic carbocycles. The van der Waals surface area contributed by atoms with Gasteiger partial charge in [0, 0.05) is 4.90 Å². The van der Waals surface area contributed by atoms with Crippen molar-refractivity contribution in [2.45, 2.75) is 17.5 Å². The molecule has 3 N–H and O–H groups in total. The van der Waals surface area contributed by atoms with Crippen LogP contribution in [0.3, 0.4) is 0 Å². The van der Waals surface area contributed by atoms with Crippen LogP contribution in [0, 0.1) is 0 Å². The molecule has 3 nitrogen and oxygen atoms in total. The molecule has 0 radical (unpaired) electrons. The minimum atomic E-state index is -4.59. The Kier molecular flexibility index (Phi) is 7.98. The van der Waals surface area contributed by atoms with E-state index in [0.29, 0.717) is 17.8 Å². The molecule has 0 heterocycles. The Morgan fingerprint density at radius 1 is 1.33 bits per heavy atom. The van der Waals surface area contributed by atoms with Crippen molar-refractivity contribution in [1.29, 1.82) is 0 Å². The number of hydrogen-bond donors (Lipinski definition) is 2. The van der Waals surface area contributed by atoms with Crippen LogP contribution < -0.4 is 11.1 Å². The van der Waals surface area contributed by atoms with Crippen molar-refractivity contribution in [2.24, 2.45) is 5.73 Å². The van der Waals surface area contributed by atoms with Crippen LogP contribution in [0.25, 0.3) is 0 Å². The SMILES string of the molecule is Cl.NCC(=O)Nc1cc(C(F)(F)F)ccc1SCC(F)F. The van der Waals surface area contributed by atoms with Crippen LogP contribution in [0.1, 0.15) is 5.56 Å². The number of rotatable bonds is 5. The van der Waals surface area contributed by atoms with Crippen molar-refractivity contribution in [2.75, 3.05) is 17.6 Å². The maximum atomic E-state index is 12.6. The van der Waals surface area contributed by atoms with Crippen LogP contribution in [-0.4, -0.2) is 24.6 Å². The second-order valence-corrected chi connectivity index (χ2v) is 4.72. The van der Waals surface area contributed by atoms with E-state index in [0.717, 1.165) is 12.1 Å². The molecule has 10 heteroatoms. The van der Waals surface area contributed by atoms with Gasteiger partial charge in [-0.3, -0.25) is 4.79 Å². The normalized spacial score (nSPS) is 11.2. The lowest BCUT2D eigenvalue weighted by Gasteiger charge is -2.14. The number of amides is 1. The number of alkyl halides is 5. The van der Waals surface area contributed by atoms with Gasteiger partial charge in [0.15, 0.2) is 0 Å². The van der Waals surface area contributed by atoms with E-state index in [1.54, 1.807) is 0 Å². The van der Waals surface area contributed by atoms with Crippen LogP contribution in [0.4, 0.5) is 27.6 Å². The van der Waals surface area contributed by atoms with Gasteiger partial charge in [0.25, 0.3) is 0 Å². The second kappa shape index (κ2) is 8.40. The molecule has 1 amide bonds. The summed E-state index contributed by atoms with van der Waals surface area (Å²) in [5.41, 5.74) is 3.89. The van der Waals surface area contributed by atoms with E-state index in [1.165, 1.54) is 0 Å². The molecule has 0 aliphatic heterocycles. The fourth-order valence-electron chi connectivity index (χ4n) is 1.28. The standard InChI is InChI=1S/C11H11F5N2OS.ClH/c12-9(13)5-20-8-2-1-6(11(14,15)16)3-7(8)18-10(19)4-17;/h1-3,9H,4-5,17H2,(H,18,19);1H. The first-order valence-corrected chi connectivity index (χ1v) is 6.34. The summed E-state index contributed by atoms with van der Waals surface area (Å²) in [5.74, 6) is -1.29. The minimum absolute atomic E-state index is 0. The number of thioether (sulfide) groups is 1. The number of benzene rings is 1. The third kappa shape index (κ3) is 6.49. The number of nitrogens with one attached hydrogen (secondary N) is 1. The predicted octanol–water partition coefficient (Wildman–Crippen LogP) is 3.38. The fraction of sp³-hybridized carbons (Fsp3) is 0.364. The highest BCUT2D eigenvalue weighted by molar-refractivity contribution is 7.99. The molecule has 0 aromatic heterocycles. The highest BCUT2D eigenvalue weighted by Crippen LogP contribution is 2.35. The lowest BCUT2D eigenvalue weighted by atomic mass is 10.2. The first-order chi connectivity index (χ1) is 9.24. The Morgan fingerprint density at radius 3 is 2.43 bits per heavy atom. The van der Waals surface area contributed by atoms with E-state index in [4.69, 9.17) is 5.73 Å². The molecular weight excluding hydrogens is 339 g/mol. The van der Waals surface area contributed by atoms with Gasteiger partial charge in [0.2, 0.25) is 12.3 Å². The fourth-order valence-corrected chi connectivity index (χ4v) is 2.02. The number of hydrogen-bond acceptors (Lipinski definition) is 3. The lowest BCUT2D eigenvalue weighted by Crippen LogP contribution is -2.22. The summed E-state index contributed by atoms with van der Waals surface area (Å²) < 4.78 is 62.0. The maximum absolute atomic E-state index is 12.6. The Balaban J connectivity index is 0.00000400. The molecule has 0 fully saturated rings. The monoisotopic (exact) mass is 350 g/mol. The highest BCUT2D eigenvalue weighted by Gasteiger charge is 2.31. The van der Waals surface area contributed by atoms with E-state index in [-0.39, 0.29) is 23.0 Å². The van der Waals surface area contributed by atoms with E-state index >= 15 is 0 Å². The molecule has 1 aromatic rings. The number of anilines is 1. The summed E-state index contributed by atoms with van der Waals surface area (Å²) in [5, 5.41) is 2.17. The summed E-state index contributed by atoms with van der Waals surface area (Å²) in [4.78, 5) is 11.3. The Hall–Kier alpha value is -1.06. The van der Waals surface area contributed by atoms with E-state index in [2.05, 4.69) is 5.32 Å². The van der Waals surface area contributed by atoms with Crippen molar-refractivity contribution in [3.63, 3.8) is 0 Å². The largest absolute Gasteiger partial charge is 0.416 e. The summed E-state index contributed by atoms with van der Waals surface area (Å²) in [6, 6.07) is 2.51. The summed E-state index contributed by atoms with van der Waals surface area (Å²) in [6.45, 7) is -0.421. The van der Waals surface area contributed by atoms with E-state index in [1.807, 2.05) is 0 Å². The molecule has 0 bridgehead atoms. The highest BCUT2D eigenvalue weighted by atomic mass is 35.5. The minimum Gasteiger partial charge on any atom is -0.324 e. The van der Waals surface area contributed by atoms with Crippen LogP contribution >= 0.6 is 24.2 Å². The van der Waals surface area contributed by atoms with Gasteiger partial charge in [0.1, 0.15) is 0 Å². The van der Waals surface area contributed by atoms with Gasteiger partial charge in [-0.05, 0) is 18.2 Å². The van der Waals surface area contributed by atoms with Crippen LogP contribution in [0.5, 0.6) is 0 Å². The summed E-state index contributed by atoms with van der Waals surface area (Å²) in [6.07, 6.45) is -7.20. The van der Waals surface area contributed by atoms with Gasteiger partial charge >= 0.3 is 6.18 Å². The number of carbonyl (C=O) groups excluding carboxylic acids is 1.